The zero-order valence-corrected chi connectivity index (χ0v) is 16.5. The van der Waals surface area contributed by atoms with Crippen LogP contribution >= 0.6 is 0 Å². The van der Waals surface area contributed by atoms with E-state index in [1.165, 1.54) is 19.3 Å². The molecule has 0 saturated heterocycles. The van der Waals surface area contributed by atoms with Crippen LogP contribution in [0.4, 0.5) is 0 Å². The largest absolute Gasteiger partial charge is 0.497 e. The lowest BCUT2D eigenvalue weighted by atomic mass is 9.99. The van der Waals surface area contributed by atoms with Crippen LogP contribution in [0.3, 0.4) is 0 Å². The Morgan fingerprint density at radius 1 is 1.12 bits per heavy atom. The Bertz CT molecular complexity index is 734. The number of rotatable bonds is 10. The van der Waals surface area contributed by atoms with Gasteiger partial charge in [-0.3, -0.25) is 4.79 Å². The van der Waals surface area contributed by atoms with Gasteiger partial charge in [-0.05, 0) is 37.0 Å². The molecule has 1 aromatic carbocycles. The monoisotopic (exact) mass is 357 g/mol. The van der Waals surface area contributed by atoms with Crippen LogP contribution in [-0.2, 0) is 13.2 Å². The minimum absolute atomic E-state index is 0.0612. The predicted octanol–water partition coefficient (Wildman–Crippen LogP) is 4.96. The fourth-order valence-electron chi connectivity index (χ4n) is 3.10. The molecule has 2 rings (SSSR count). The van der Waals surface area contributed by atoms with Gasteiger partial charge < -0.3 is 14.0 Å². The van der Waals surface area contributed by atoms with Crippen molar-refractivity contribution in [1.29, 1.82) is 0 Å². The number of benzene rings is 1. The average Bonchev–Trinajstić information content (AvgIpc) is 2.67. The summed E-state index contributed by atoms with van der Waals surface area (Å²) < 4.78 is 13.2. The molecular formula is C22H31NO3. The molecule has 4 nitrogen and oxygen atoms in total. The van der Waals surface area contributed by atoms with E-state index >= 15 is 0 Å². The van der Waals surface area contributed by atoms with E-state index in [1.807, 2.05) is 37.4 Å². The summed E-state index contributed by atoms with van der Waals surface area (Å²) in [5.41, 5.74) is 1.85. The van der Waals surface area contributed by atoms with E-state index in [-0.39, 0.29) is 5.43 Å². The van der Waals surface area contributed by atoms with Crippen molar-refractivity contribution < 1.29 is 9.47 Å². The van der Waals surface area contributed by atoms with Crippen LogP contribution in [0.2, 0.25) is 0 Å². The van der Waals surface area contributed by atoms with Crippen molar-refractivity contribution >= 4 is 0 Å². The second-order valence-corrected chi connectivity index (χ2v) is 6.80. The predicted molar refractivity (Wildman–Crippen MR) is 106 cm³/mol. The van der Waals surface area contributed by atoms with Gasteiger partial charge in [0.05, 0.1) is 12.8 Å². The maximum Gasteiger partial charge on any atom is 0.223 e. The number of methoxy groups -OCH3 is 1. The number of aromatic nitrogens is 1. The van der Waals surface area contributed by atoms with Crippen molar-refractivity contribution in [2.24, 2.45) is 5.92 Å². The summed E-state index contributed by atoms with van der Waals surface area (Å²) in [6.07, 6.45) is 6.73. The molecule has 0 N–H and O–H groups in total. The molecule has 0 aliphatic rings. The van der Waals surface area contributed by atoms with E-state index in [9.17, 15) is 4.79 Å². The van der Waals surface area contributed by atoms with Gasteiger partial charge in [-0.15, -0.1) is 0 Å². The molecule has 1 heterocycles. The quantitative estimate of drug-likeness (QED) is 0.603. The summed E-state index contributed by atoms with van der Waals surface area (Å²) in [5.74, 6) is 1.89. The molecule has 0 saturated carbocycles. The van der Waals surface area contributed by atoms with E-state index in [1.54, 1.807) is 13.2 Å². The molecule has 0 fully saturated rings. The summed E-state index contributed by atoms with van der Waals surface area (Å²) in [7, 11) is 1.64. The fraction of sp³-hybridized carbons (Fsp3) is 0.500. The van der Waals surface area contributed by atoms with Gasteiger partial charge in [0.25, 0.3) is 0 Å². The number of hydrogen-bond donors (Lipinski definition) is 0. The van der Waals surface area contributed by atoms with Crippen LogP contribution in [0.15, 0.2) is 41.3 Å². The zero-order valence-electron chi connectivity index (χ0n) is 16.5. The molecular weight excluding hydrogens is 326 g/mol. The van der Waals surface area contributed by atoms with E-state index < -0.39 is 0 Å². The average molecular weight is 357 g/mol. The van der Waals surface area contributed by atoms with Gasteiger partial charge in [-0.25, -0.2) is 0 Å². The molecule has 0 aliphatic heterocycles. The highest BCUT2D eigenvalue weighted by atomic mass is 16.5. The van der Waals surface area contributed by atoms with E-state index in [2.05, 4.69) is 18.4 Å². The normalized spacial score (nSPS) is 12.0. The Morgan fingerprint density at radius 2 is 1.85 bits per heavy atom. The number of nitrogens with zero attached hydrogens (tertiary/aromatic N) is 1. The standard InChI is InChI=1S/C22H31NO3/c1-5-7-8-18(6-2)15-23-14-13-21(24)22(17(23)3)26-16-19-9-11-20(25-4)12-10-19/h9-14,18H,5-8,15-16H2,1-4H3. The van der Waals surface area contributed by atoms with Crippen molar-refractivity contribution in [3.63, 3.8) is 0 Å². The molecule has 0 radical (unpaired) electrons. The summed E-state index contributed by atoms with van der Waals surface area (Å²) in [4.78, 5) is 12.3. The third-order valence-electron chi connectivity index (χ3n) is 4.93. The number of unbranched alkanes of at least 4 members (excludes halogenated alkanes) is 1. The number of hydrogen-bond acceptors (Lipinski definition) is 3. The van der Waals surface area contributed by atoms with Gasteiger partial charge in [0.2, 0.25) is 5.43 Å². The highest BCUT2D eigenvalue weighted by Crippen LogP contribution is 2.20. The Morgan fingerprint density at radius 3 is 2.46 bits per heavy atom. The second kappa shape index (κ2) is 10.0. The first kappa shape index (κ1) is 20.1. The molecule has 0 aliphatic carbocycles. The van der Waals surface area contributed by atoms with Gasteiger partial charge in [-0.2, -0.15) is 0 Å². The van der Waals surface area contributed by atoms with Gasteiger partial charge in [-0.1, -0.05) is 45.2 Å². The Labute approximate surface area is 156 Å². The Kier molecular flexibility index (Phi) is 7.76. The Balaban J connectivity index is 2.11. The van der Waals surface area contributed by atoms with Crippen LogP contribution in [0.1, 0.15) is 50.8 Å². The molecule has 4 heteroatoms. The lowest BCUT2D eigenvalue weighted by Gasteiger charge is -2.20. The summed E-state index contributed by atoms with van der Waals surface area (Å²) in [6.45, 7) is 7.73. The maximum atomic E-state index is 12.3. The molecule has 0 spiro atoms. The van der Waals surface area contributed by atoms with Crippen LogP contribution in [0.5, 0.6) is 11.5 Å². The molecule has 0 amide bonds. The molecule has 2 aromatic rings. The Hall–Kier alpha value is -2.23. The van der Waals surface area contributed by atoms with Gasteiger partial charge in [0.15, 0.2) is 5.75 Å². The SMILES string of the molecule is CCCCC(CC)Cn1ccc(=O)c(OCc2ccc(OC)cc2)c1C. The van der Waals surface area contributed by atoms with Crippen LogP contribution in [-0.4, -0.2) is 11.7 Å². The molecule has 1 aromatic heterocycles. The van der Waals surface area contributed by atoms with Gasteiger partial charge >= 0.3 is 0 Å². The highest BCUT2D eigenvalue weighted by molar-refractivity contribution is 5.30. The zero-order chi connectivity index (χ0) is 18.9. The molecule has 1 unspecified atom stereocenters. The third kappa shape index (κ3) is 5.38. The number of ether oxygens (including phenoxy) is 2. The second-order valence-electron chi connectivity index (χ2n) is 6.80. The summed E-state index contributed by atoms with van der Waals surface area (Å²) >= 11 is 0. The minimum atomic E-state index is -0.0612. The number of pyridine rings is 1. The summed E-state index contributed by atoms with van der Waals surface area (Å²) in [6, 6.07) is 9.31. The van der Waals surface area contributed by atoms with Crippen molar-refractivity contribution in [2.45, 2.75) is 59.6 Å². The van der Waals surface area contributed by atoms with Gasteiger partial charge in [0, 0.05) is 18.8 Å². The first-order valence-corrected chi connectivity index (χ1v) is 9.54. The lowest BCUT2D eigenvalue weighted by Crippen LogP contribution is -2.18. The van der Waals surface area contributed by atoms with Gasteiger partial charge in [0.1, 0.15) is 12.4 Å². The van der Waals surface area contributed by atoms with Crippen LogP contribution < -0.4 is 14.9 Å². The molecule has 0 bridgehead atoms. The molecule has 1 atom stereocenters. The van der Waals surface area contributed by atoms with Crippen molar-refractivity contribution in [1.82, 2.24) is 4.57 Å². The highest BCUT2D eigenvalue weighted by Gasteiger charge is 2.13. The smallest absolute Gasteiger partial charge is 0.223 e. The molecule has 26 heavy (non-hydrogen) atoms. The lowest BCUT2D eigenvalue weighted by molar-refractivity contribution is 0.293. The first-order chi connectivity index (χ1) is 12.6. The van der Waals surface area contributed by atoms with Crippen LogP contribution in [0, 0.1) is 12.8 Å². The van der Waals surface area contributed by atoms with E-state index in [0.29, 0.717) is 18.3 Å². The summed E-state index contributed by atoms with van der Waals surface area (Å²) in [5, 5.41) is 0. The van der Waals surface area contributed by atoms with Crippen molar-refractivity contribution in [3.05, 3.63) is 58.0 Å². The third-order valence-corrected chi connectivity index (χ3v) is 4.93. The van der Waals surface area contributed by atoms with Crippen LogP contribution in [0.25, 0.3) is 0 Å². The maximum absolute atomic E-state index is 12.3. The van der Waals surface area contributed by atoms with Crippen molar-refractivity contribution in [2.75, 3.05) is 7.11 Å². The first-order valence-electron chi connectivity index (χ1n) is 9.54. The fourth-order valence-corrected chi connectivity index (χ4v) is 3.10. The molecule has 142 valence electrons. The van der Waals surface area contributed by atoms with E-state index in [0.717, 1.165) is 30.0 Å². The van der Waals surface area contributed by atoms with Crippen molar-refractivity contribution in [3.8, 4) is 11.5 Å². The topological polar surface area (TPSA) is 40.5 Å². The van der Waals surface area contributed by atoms with E-state index in [4.69, 9.17) is 9.47 Å². The minimum Gasteiger partial charge on any atom is -0.497 e.